The van der Waals surface area contributed by atoms with E-state index in [2.05, 4.69) is 71.2 Å². The molecule has 1 N–H and O–H groups in total. The molecule has 3 heteroatoms. The van der Waals surface area contributed by atoms with Crippen molar-refractivity contribution in [1.29, 1.82) is 0 Å². The van der Waals surface area contributed by atoms with Crippen molar-refractivity contribution in [2.75, 3.05) is 13.1 Å². The maximum atomic E-state index is 3.63. The molecule has 1 heterocycles. The van der Waals surface area contributed by atoms with E-state index in [9.17, 15) is 0 Å². The summed E-state index contributed by atoms with van der Waals surface area (Å²) in [7, 11) is 0. The van der Waals surface area contributed by atoms with E-state index in [1.807, 2.05) is 0 Å². The summed E-state index contributed by atoms with van der Waals surface area (Å²) in [5, 5.41) is 3.63. The predicted octanol–water partition coefficient (Wildman–Crippen LogP) is 3.41. The molecule has 0 saturated carbocycles. The van der Waals surface area contributed by atoms with Gasteiger partial charge in [0.15, 0.2) is 0 Å². The van der Waals surface area contributed by atoms with Crippen molar-refractivity contribution < 1.29 is 0 Å². The predicted molar refractivity (Wildman–Crippen MR) is 80.7 cm³/mol. The average molecular weight is 311 g/mol. The quantitative estimate of drug-likeness (QED) is 0.900. The summed E-state index contributed by atoms with van der Waals surface area (Å²) in [5.41, 5.74) is 1.60. The SMILES string of the molecule is CC1CCNC(C)(C)CN1Cc1ccc(Br)cc1. The van der Waals surface area contributed by atoms with Crippen molar-refractivity contribution in [2.24, 2.45) is 0 Å². The summed E-state index contributed by atoms with van der Waals surface area (Å²) in [5.74, 6) is 0. The summed E-state index contributed by atoms with van der Waals surface area (Å²) >= 11 is 3.49. The van der Waals surface area contributed by atoms with E-state index in [1.54, 1.807) is 0 Å². The first-order chi connectivity index (χ1) is 8.46. The zero-order valence-electron chi connectivity index (χ0n) is 11.5. The lowest BCUT2D eigenvalue weighted by Gasteiger charge is -2.33. The molecular formula is C15H23BrN2. The molecule has 2 nitrogen and oxygen atoms in total. The minimum Gasteiger partial charge on any atom is -0.310 e. The molecule has 0 aromatic heterocycles. The molecule has 1 aliphatic rings. The Morgan fingerprint density at radius 1 is 1.33 bits per heavy atom. The van der Waals surface area contributed by atoms with Crippen molar-refractivity contribution in [3.05, 3.63) is 34.3 Å². The summed E-state index contributed by atoms with van der Waals surface area (Å²) < 4.78 is 1.15. The lowest BCUT2D eigenvalue weighted by atomic mass is 10.0. The minimum absolute atomic E-state index is 0.208. The van der Waals surface area contributed by atoms with Crippen molar-refractivity contribution in [2.45, 2.75) is 45.3 Å². The Balaban J connectivity index is 2.07. The van der Waals surface area contributed by atoms with Gasteiger partial charge in [-0.1, -0.05) is 28.1 Å². The van der Waals surface area contributed by atoms with Gasteiger partial charge in [-0.15, -0.1) is 0 Å². The smallest absolute Gasteiger partial charge is 0.0252 e. The van der Waals surface area contributed by atoms with Crippen LogP contribution < -0.4 is 5.32 Å². The zero-order valence-corrected chi connectivity index (χ0v) is 13.1. The Morgan fingerprint density at radius 2 is 2.00 bits per heavy atom. The number of nitrogens with zero attached hydrogens (tertiary/aromatic N) is 1. The Bertz CT molecular complexity index is 386. The molecule has 1 unspecified atom stereocenters. The number of hydrogen-bond acceptors (Lipinski definition) is 2. The van der Waals surface area contributed by atoms with Crippen LogP contribution in [0.2, 0.25) is 0 Å². The van der Waals surface area contributed by atoms with E-state index in [1.165, 1.54) is 12.0 Å². The van der Waals surface area contributed by atoms with Crippen molar-refractivity contribution >= 4 is 15.9 Å². The number of rotatable bonds is 2. The van der Waals surface area contributed by atoms with Crippen LogP contribution in [-0.4, -0.2) is 29.6 Å². The number of nitrogens with one attached hydrogen (secondary N) is 1. The Kier molecular flexibility index (Phi) is 4.46. The van der Waals surface area contributed by atoms with E-state index in [0.29, 0.717) is 6.04 Å². The van der Waals surface area contributed by atoms with Crippen molar-refractivity contribution in [3.8, 4) is 0 Å². The molecule has 2 rings (SSSR count). The molecule has 0 aliphatic carbocycles. The van der Waals surface area contributed by atoms with Gasteiger partial charge in [-0.05, 0) is 51.4 Å². The second kappa shape index (κ2) is 5.72. The van der Waals surface area contributed by atoms with Crippen molar-refractivity contribution in [3.63, 3.8) is 0 Å². The molecule has 0 bridgehead atoms. The number of halogens is 1. The first-order valence-electron chi connectivity index (χ1n) is 6.70. The van der Waals surface area contributed by atoms with Crippen LogP contribution in [0.15, 0.2) is 28.7 Å². The van der Waals surface area contributed by atoms with Gasteiger partial charge in [0.25, 0.3) is 0 Å². The van der Waals surface area contributed by atoms with E-state index < -0.39 is 0 Å². The van der Waals surface area contributed by atoms with Crippen LogP contribution in [-0.2, 0) is 6.54 Å². The van der Waals surface area contributed by atoms with Gasteiger partial charge in [0, 0.05) is 29.1 Å². The van der Waals surface area contributed by atoms with E-state index >= 15 is 0 Å². The highest BCUT2D eigenvalue weighted by Crippen LogP contribution is 2.19. The standard InChI is InChI=1S/C15H23BrN2/c1-12-8-9-17-15(2,3)11-18(12)10-13-4-6-14(16)7-5-13/h4-7,12,17H,8-11H2,1-3H3. The largest absolute Gasteiger partial charge is 0.310 e. The normalized spacial score (nSPS) is 24.8. The highest BCUT2D eigenvalue weighted by molar-refractivity contribution is 9.10. The van der Waals surface area contributed by atoms with Crippen LogP contribution in [0.25, 0.3) is 0 Å². The monoisotopic (exact) mass is 310 g/mol. The maximum absolute atomic E-state index is 3.63. The third-order valence-corrected chi connectivity index (χ3v) is 4.21. The number of hydrogen-bond donors (Lipinski definition) is 1. The van der Waals surface area contributed by atoms with Crippen LogP contribution >= 0.6 is 15.9 Å². The Morgan fingerprint density at radius 3 is 2.67 bits per heavy atom. The average Bonchev–Trinajstić information content (AvgIpc) is 2.42. The third-order valence-electron chi connectivity index (χ3n) is 3.69. The Hall–Kier alpha value is -0.380. The van der Waals surface area contributed by atoms with Crippen LogP contribution in [0.1, 0.15) is 32.8 Å². The zero-order chi connectivity index (χ0) is 13.2. The van der Waals surface area contributed by atoms with Gasteiger partial charge < -0.3 is 5.32 Å². The lowest BCUT2D eigenvalue weighted by Crippen LogP contribution is -2.47. The molecule has 1 fully saturated rings. The fraction of sp³-hybridized carbons (Fsp3) is 0.600. The van der Waals surface area contributed by atoms with Gasteiger partial charge >= 0.3 is 0 Å². The van der Waals surface area contributed by atoms with Gasteiger partial charge in [-0.2, -0.15) is 0 Å². The van der Waals surface area contributed by atoms with Crippen LogP contribution in [0.4, 0.5) is 0 Å². The van der Waals surface area contributed by atoms with Gasteiger partial charge in [-0.3, -0.25) is 4.90 Å². The molecule has 0 radical (unpaired) electrons. The molecule has 0 amide bonds. The summed E-state index contributed by atoms with van der Waals surface area (Å²) in [6, 6.07) is 9.31. The minimum atomic E-state index is 0.208. The second-order valence-electron chi connectivity index (χ2n) is 5.98. The molecule has 0 spiro atoms. The van der Waals surface area contributed by atoms with Gasteiger partial charge in [0.2, 0.25) is 0 Å². The maximum Gasteiger partial charge on any atom is 0.0252 e. The first-order valence-corrected chi connectivity index (χ1v) is 7.49. The van der Waals surface area contributed by atoms with Gasteiger partial charge in [0.1, 0.15) is 0 Å². The summed E-state index contributed by atoms with van der Waals surface area (Å²) in [4.78, 5) is 2.59. The molecule has 100 valence electrons. The molecule has 1 aromatic carbocycles. The molecule has 18 heavy (non-hydrogen) atoms. The lowest BCUT2D eigenvalue weighted by molar-refractivity contribution is 0.173. The third kappa shape index (κ3) is 3.81. The van der Waals surface area contributed by atoms with Crippen LogP contribution in [0.3, 0.4) is 0 Å². The highest BCUT2D eigenvalue weighted by atomic mass is 79.9. The van der Waals surface area contributed by atoms with E-state index in [4.69, 9.17) is 0 Å². The second-order valence-corrected chi connectivity index (χ2v) is 6.90. The van der Waals surface area contributed by atoms with Gasteiger partial charge in [-0.25, -0.2) is 0 Å². The summed E-state index contributed by atoms with van der Waals surface area (Å²) in [6.45, 7) is 10.2. The first kappa shape index (κ1) is 14.0. The van der Waals surface area contributed by atoms with E-state index in [-0.39, 0.29) is 5.54 Å². The van der Waals surface area contributed by atoms with Crippen LogP contribution in [0, 0.1) is 0 Å². The van der Waals surface area contributed by atoms with Gasteiger partial charge in [0.05, 0.1) is 0 Å². The molecule has 1 aliphatic heterocycles. The molecular weight excluding hydrogens is 288 g/mol. The summed E-state index contributed by atoms with van der Waals surface area (Å²) in [6.07, 6.45) is 1.22. The topological polar surface area (TPSA) is 15.3 Å². The molecule has 1 saturated heterocycles. The Labute approximate surface area is 119 Å². The van der Waals surface area contributed by atoms with Crippen LogP contribution in [0.5, 0.6) is 0 Å². The van der Waals surface area contributed by atoms with E-state index in [0.717, 1.165) is 24.1 Å². The molecule has 1 aromatic rings. The fourth-order valence-corrected chi connectivity index (χ4v) is 2.82. The molecule has 1 atom stereocenters. The van der Waals surface area contributed by atoms with Crippen molar-refractivity contribution in [1.82, 2.24) is 10.2 Å². The highest BCUT2D eigenvalue weighted by Gasteiger charge is 2.27. The number of benzene rings is 1. The fourth-order valence-electron chi connectivity index (χ4n) is 2.56.